The molecule has 1 fully saturated rings. The van der Waals surface area contributed by atoms with Gasteiger partial charge in [-0.1, -0.05) is 15.9 Å². The zero-order valence-corrected chi connectivity index (χ0v) is 13.1. The SMILES string of the molecule is O=C(O)CCC1CCN(c2ccc(Br)cc2[N+](=O)[O-])CC1. The van der Waals surface area contributed by atoms with Gasteiger partial charge >= 0.3 is 5.97 Å². The molecule has 7 heteroatoms. The monoisotopic (exact) mass is 356 g/mol. The normalized spacial score (nSPS) is 16.0. The van der Waals surface area contributed by atoms with Gasteiger partial charge in [-0.2, -0.15) is 0 Å². The number of nitro benzene ring substituents is 1. The number of anilines is 1. The van der Waals surface area contributed by atoms with Crippen LogP contribution in [0.25, 0.3) is 0 Å². The molecule has 0 amide bonds. The van der Waals surface area contributed by atoms with Crippen molar-refractivity contribution in [2.75, 3.05) is 18.0 Å². The molecule has 0 atom stereocenters. The van der Waals surface area contributed by atoms with Gasteiger partial charge in [-0.05, 0) is 37.3 Å². The van der Waals surface area contributed by atoms with Gasteiger partial charge in [-0.3, -0.25) is 14.9 Å². The number of nitrogens with zero attached hydrogens (tertiary/aromatic N) is 2. The summed E-state index contributed by atoms with van der Waals surface area (Å²) in [5.41, 5.74) is 0.744. The molecule has 1 aliphatic rings. The van der Waals surface area contributed by atoms with Crippen LogP contribution in [-0.4, -0.2) is 29.1 Å². The summed E-state index contributed by atoms with van der Waals surface area (Å²) in [6, 6.07) is 5.09. The van der Waals surface area contributed by atoms with E-state index in [4.69, 9.17) is 5.11 Å². The molecule has 114 valence electrons. The lowest BCUT2D eigenvalue weighted by atomic mass is 9.92. The molecule has 1 aliphatic heterocycles. The van der Waals surface area contributed by atoms with Crippen molar-refractivity contribution < 1.29 is 14.8 Å². The molecule has 21 heavy (non-hydrogen) atoms. The first-order valence-corrected chi connectivity index (χ1v) is 7.67. The number of rotatable bonds is 5. The molecule has 0 radical (unpaired) electrons. The standard InChI is InChI=1S/C14H17BrN2O4/c15-11-2-3-12(13(9-11)17(20)21)16-7-5-10(6-8-16)1-4-14(18)19/h2-3,9-10H,1,4-8H2,(H,18,19). The van der Waals surface area contributed by atoms with Crippen LogP contribution in [0.1, 0.15) is 25.7 Å². The number of carbonyl (C=O) groups is 1. The first kappa shape index (κ1) is 15.8. The van der Waals surface area contributed by atoms with Gasteiger partial charge in [0.25, 0.3) is 5.69 Å². The van der Waals surface area contributed by atoms with Crippen molar-refractivity contribution in [3.05, 3.63) is 32.8 Å². The molecule has 6 nitrogen and oxygen atoms in total. The van der Waals surface area contributed by atoms with Crippen molar-refractivity contribution in [1.29, 1.82) is 0 Å². The summed E-state index contributed by atoms with van der Waals surface area (Å²) in [6.45, 7) is 1.46. The first-order chi connectivity index (χ1) is 9.97. The Hall–Kier alpha value is -1.63. The third-order valence-electron chi connectivity index (χ3n) is 3.86. The van der Waals surface area contributed by atoms with E-state index in [1.807, 2.05) is 4.90 Å². The van der Waals surface area contributed by atoms with Crippen molar-refractivity contribution in [2.24, 2.45) is 5.92 Å². The minimum absolute atomic E-state index is 0.105. The Balaban J connectivity index is 2.02. The Morgan fingerprint density at radius 3 is 2.67 bits per heavy atom. The summed E-state index contributed by atoms with van der Waals surface area (Å²) in [4.78, 5) is 23.4. The van der Waals surface area contributed by atoms with E-state index in [-0.39, 0.29) is 17.0 Å². The summed E-state index contributed by atoms with van der Waals surface area (Å²) in [5.74, 6) is -0.368. The van der Waals surface area contributed by atoms with Gasteiger partial charge in [0.1, 0.15) is 5.69 Å². The molecule has 1 aromatic rings. The van der Waals surface area contributed by atoms with Gasteiger partial charge < -0.3 is 10.0 Å². The lowest BCUT2D eigenvalue weighted by Crippen LogP contribution is -2.34. The van der Waals surface area contributed by atoms with E-state index in [0.29, 0.717) is 22.5 Å². The number of hydrogen-bond acceptors (Lipinski definition) is 4. The summed E-state index contributed by atoms with van der Waals surface area (Å²) in [6.07, 6.45) is 2.63. The van der Waals surface area contributed by atoms with E-state index in [1.54, 1.807) is 12.1 Å². The number of carboxylic acids is 1. The number of halogens is 1. The molecule has 1 aromatic carbocycles. The maximum absolute atomic E-state index is 11.2. The maximum Gasteiger partial charge on any atom is 0.303 e. The minimum atomic E-state index is -0.763. The molecule has 2 rings (SSSR count). The predicted octanol–water partition coefficient (Wildman–Crippen LogP) is 3.44. The fourth-order valence-electron chi connectivity index (χ4n) is 2.70. The molecule has 0 spiro atoms. The fourth-order valence-corrected chi connectivity index (χ4v) is 3.05. The van der Waals surface area contributed by atoms with Crippen molar-refractivity contribution in [1.82, 2.24) is 0 Å². The van der Waals surface area contributed by atoms with E-state index in [9.17, 15) is 14.9 Å². The third-order valence-corrected chi connectivity index (χ3v) is 4.35. The predicted molar refractivity (Wildman–Crippen MR) is 82.6 cm³/mol. The number of aliphatic carboxylic acids is 1. The molecule has 0 unspecified atom stereocenters. The van der Waals surface area contributed by atoms with Crippen LogP contribution in [0.5, 0.6) is 0 Å². The molecule has 0 bridgehead atoms. The third kappa shape index (κ3) is 4.17. The number of nitro groups is 1. The summed E-state index contributed by atoms with van der Waals surface area (Å²) in [7, 11) is 0. The van der Waals surface area contributed by atoms with Crippen LogP contribution >= 0.6 is 15.9 Å². The zero-order chi connectivity index (χ0) is 15.4. The van der Waals surface area contributed by atoms with Gasteiger partial charge in [-0.25, -0.2) is 0 Å². The smallest absolute Gasteiger partial charge is 0.303 e. The molecular formula is C14H17BrN2O4. The molecule has 0 aliphatic carbocycles. The van der Waals surface area contributed by atoms with Gasteiger partial charge in [0.2, 0.25) is 0 Å². The highest BCUT2D eigenvalue weighted by molar-refractivity contribution is 9.10. The maximum atomic E-state index is 11.2. The highest BCUT2D eigenvalue weighted by Crippen LogP contribution is 2.34. The fraction of sp³-hybridized carbons (Fsp3) is 0.500. The molecule has 0 saturated carbocycles. The Bertz CT molecular complexity index is 542. The molecule has 1 N–H and O–H groups in total. The second-order valence-corrected chi connectivity index (χ2v) is 6.17. The average Bonchev–Trinajstić information content (AvgIpc) is 2.45. The van der Waals surface area contributed by atoms with Crippen LogP contribution in [0.4, 0.5) is 11.4 Å². The van der Waals surface area contributed by atoms with Crippen molar-refractivity contribution in [2.45, 2.75) is 25.7 Å². The Morgan fingerprint density at radius 1 is 1.43 bits per heavy atom. The Labute approximate surface area is 131 Å². The van der Waals surface area contributed by atoms with Crippen LogP contribution in [0, 0.1) is 16.0 Å². The molecule has 0 aromatic heterocycles. The van der Waals surface area contributed by atoms with Crippen LogP contribution in [-0.2, 0) is 4.79 Å². The molecule has 1 saturated heterocycles. The summed E-state index contributed by atoms with van der Waals surface area (Å²) < 4.78 is 0.689. The number of hydrogen-bond donors (Lipinski definition) is 1. The van der Waals surface area contributed by atoms with Gasteiger partial charge in [0, 0.05) is 30.0 Å². The van der Waals surface area contributed by atoms with Gasteiger partial charge in [0.05, 0.1) is 4.92 Å². The molecular weight excluding hydrogens is 340 g/mol. The quantitative estimate of drug-likeness (QED) is 0.645. The van der Waals surface area contributed by atoms with E-state index < -0.39 is 5.97 Å². The first-order valence-electron chi connectivity index (χ1n) is 6.88. The second-order valence-electron chi connectivity index (χ2n) is 5.25. The Kier molecular flexibility index (Phi) is 5.17. The van der Waals surface area contributed by atoms with E-state index in [1.165, 1.54) is 6.07 Å². The second kappa shape index (κ2) is 6.89. The topological polar surface area (TPSA) is 83.7 Å². The van der Waals surface area contributed by atoms with Crippen LogP contribution in [0.15, 0.2) is 22.7 Å². The average molecular weight is 357 g/mol. The van der Waals surface area contributed by atoms with E-state index >= 15 is 0 Å². The largest absolute Gasteiger partial charge is 0.481 e. The van der Waals surface area contributed by atoms with Crippen LogP contribution in [0.2, 0.25) is 0 Å². The van der Waals surface area contributed by atoms with E-state index in [2.05, 4.69) is 15.9 Å². The molecule has 1 heterocycles. The van der Waals surface area contributed by atoms with Gasteiger partial charge in [-0.15, -0.1) is 0 Å². The van der Waals surface area contributed by atoms with Crippen LogP contribution in [0.3, 0.4) is 0 Å². The Morgan fingerprint density at radius 2 is 2.10 bits per heavy atom. The highest BCUT2D eigenvalue weighted by atomic mass is 79.9. The summed E-state index contributed by atoms with van der Waals surface area (Å²) >= 11 is 3.25. The highest BCUT2D eigenvalue weighted by Gasteiger charge is 2.25. The van der Waals surface area contributed by atoms with Crippen molar-refractivity contribution >= 4 is 33.3 Å². The minimum Gasteiger partial charge on any atom is -0.481 e. The number of benzene rings is 1. The van der Waals surface area contributed by atoms with Crippen molar-refractivity contribution in [3.63, 3.8) is 0 Å². The number of carboxylic acid groups (broad SMARTS) is 1. The van der Waals surface area contributed by atoms with E-state index in [0.717, 1.165) is 25.9 Å². The number of piperidine rings is 1. The summed E-state index contributed by atoms with van der Waals surface area (Å²) in [5, 5.41) is 19.9. The zero-order valence-electron chi connectivity index (χ0n) is 11.5. The van der Waals surface area contributed by atoms with Gasteiger partial charge in [0.15, 0.2) is 0 Å². The van der Waals surface area contributed by atoms with Crippen LogP contribution < -0.4 is 4.90 Å². The van der Waals surface area contributed by atoms with Crippen molar-refractivity contribution in [3.8, 4) is 0 Å². The lowest BCUT2D eigenvalue weighted by Gasteiger charge is -2.33. The lowest BCUT2D eigenvalue weighted by molar-refractivity contribution is -0.384.